The number of carbonyl (C=O) groups excluding carboxylic acids is 5. The minimum absolute atomic E-state index is 0.0930. The third-order valence-corrected chi connectivity index (χ3v) is 10.1. The van der Waals surface area contributed by atoms with Gasteiger partial charge >= 0.3 is 89.0 Å². The standard InChI is InChI=1S/C14H25NO3.C14H24O3.C13H23NO4.C3H7I.C3H8.C2H5.3HI.V/c1-10(16)11-6-8-12(9-7-11)15(5)13(17)18-14(2,3)4;1-10(15)12-7-5-11(6-8-12)9-13(16)17-14(2,3)4;1-13(2,3)18-12(17)14(4)10-7-5-9(6-8-10)11(15)16;1-3(2)4;1-3-2;1-2;;;;/h11-12H,6-9H2,1-5H3;11-12H,5-9H2,1-4H3;9-10H,5-8H2,1-4H3,(H,15,16);3H,1-2H3;3H2,1-2H3;1H2,2H3;3*1H;/q;;;;;-1;;;;+3/p-3. The molecule has 0 aliphatic heterocycles. The Balaban J connectivity index is -0.000000385. The first kappa shape index (κ1) is 72.9. The van der Waals surface area contributed by atoms with Crippen LogP contribution < -0.4 is 0 Å². The van der Waals surface area contributed by atoms with Gasteiger partial charge in [0.25, 0.3) is 0 Å². The molecule has 3 saturated carbocycles. The van der Waals surface area contributed by atoms with E-state index in [1.54, 1.807) is 44.7 Å². The number of halogens is 4. The van der Waals surface area contributed by atoms with Crippen molar-refractivity contribution >= 4 is 118 Å². The summed E-state index contributed by atoms with van der Waals surface area (Å²) in [6.07, 6.45) is 11.2. The second-order valence-electron chi connectivity index (χ2n) is 20.2. The van der Waals surface area contributed by atoms with Gasteiger partial charge in [0.15, 0.2) is 0 Å². The summed E-state index contributed by atoms with van der Waals surface area (Å²) in [6.45, 7) is 33.6. The number of esters is 1. The van der Waals surface area contributed by atoms with Gasteiger partial charge in [-0.05, 0) is 159 Å². The summed E-state index contributed by atoms with van der Waals surface area (Å²) in [7, 11) is 3.51. The minimum atomic E-state index is -0.728. The van der Waals surface area contributed by atoms with Crippen LogP contribution in [0.5, 0.6) is 0 Å². The number of Topliss-reactive ketones (excluding diaryl/α,β-unsaturated/α-hetero) is 2. The topological polar surface area (TPSA) is 157 Å². The molecule has 3 aliphatic carbocycles. The summed E-state index contributed by atoms with van der Waals surface area (Å²) in [6, 6.07) is 0.297. The summed E-state index contributed by atoms with van der Waals surface area (Å²) >= 11 is 9.73. The van der Waals surface area contributed by atoms with E-state index in [9.17, 15) is 28.8 Å². The number of carboxylic acids is 1. The van der Waals surface area contributed by atoms with E-state index in [1.165, 1.54) is 6.42 Å². The zero-order valence-electron chi connectivity index (χ0n) is 44.1. The monoisotopic (exact) mass is 1430 g/mol. The van der Waals surface area contributed by atoms with Crippen molar-refractivity contribution < 1.29 is 53.0 Å². The van der Waals surface area contributed by atoms with E-state index in [-0.39, 0.29) is 58.7 Å². The molecule has 392 valence electrons. The quantitative estimate of drug-likeness (QED) is 0.0855. The van der Waals surface area contributed by atoms with Crippen LogP contribution in [0, 0.1) is 30.6 Å². The molecule has 0 aromatic heterocycles. The van der Waals surface area contributed by atoms with Gasteiger partial charge in [0.1, 0.15) is 28.4 Å². The molecule has 12 nitrogen and oxygen atoms in total. The fourth-order valence-electron chi connectivity index (χ4n) is 6.94. The molecule has 0 bridgehead atoms. The Morgan fingerprint density at radius 2 is 0.833 bits per heavy atom. The second-order valence-corrected chi connectivity index (χ2v) is 58.0. The number of hydrogen-bond donors (Lipinski definition) is 1. The molecule has 0 radical (unpaired) electrons. The second kappa shape index (κ2) is 38.9. The maximum atomic E-state index is 11.9. The van der Waals surface area contributed by atoms with E-state index in [1.807, 2.05) is 62.3 Å². The van der Waals surface area contributed by atoms with Crippen molar-refractivity contribution in [3.63, 3.8) is 0 Å². The molecule has 66 heavy (non-hydrogen) atoms. The molecule has 3 aliphatic rings. The van der Waals surface area contributed by atoms with Gasteiger partial charge in [0, 0.05) is 48.4 Å². The Morgan fingerprint density at radius 3 is 1.06 bits per heavy atom. The van der Waals surface area contributed by atoms with Gasteiger partial charge in [-0.3, -0.25) is 19.2 Å². The van der Waals surface area contributed by atoms with E-state index in [0.717, 1.165) is 68.1 Å². The molecule has 17 heteroatoms. The fraction of sp³-hybridized carbons (Fsp3) is 0.857. The van der Waals surface area contributed by atoms with Gasteiger partial charge in [-0.2, -0.15) is 6.92 Å². The zero-order valence-corrected chi connectivity index (χ0v) is 54.1. The third-order valence-electron chi connectivity index (χ3n) is 10.1. The molecule has 1 N–H and O–H groups in total. The number of hydrogen-bond acceptors (Lipinski definition) is 9. The Labute approximate surface area is 454 Å². The molecule has 0 saturated heterocycles. The van der Waals surface area contributed by atoms with Gasteiger partial charge in [-0.1, -0.05) is 56.7 Å². The van der Waals surface area contributed by atoms with Gasteiger partial charge in [0.05, 0.1) is 5.92 Å². The number of ether oxygens (including phenoxy) is 3. The molecule has 0 heterocycles. The summed E-state index contributed by atoms with van der Waals surface area (Å²) in [5.74, 6) is 0.290. The molecule has 3 fully saturated rings. The molecule has 2 amide bonds. The summed E-state index contributed by atoms with van der Waals surface area (Å²) < 4.78 is 16.8. The van der Waals surface area contributed by atoms with Gasteiger partial charge in [0.2, 0.25) is 0 Å². The number of ketones is 2. The molecule has 0 aromatic rings. The Hall–Kier alpha value is 0.324. The predicted molar refractivity (Wildman–Crippen MR) is 303 cm³/mol. The molecular formula is C49H92I4N2O10V-. The maximum absolute atomic E-state index is 11.9. The first-order valence-electron chi connectivity index (χ1n) is 23.6. The van der Waals surface area contributed by atoms with Crippen LogP contribution in [0.1, 0.15) is 201 Å². The Kier molecular flexibility index (Phi) is 43.0. The zero-order chi connectivity index (χ0) is 52.8. The van der Waals surface area contributed by atoms with Gasteiger partial charge < -0.3 is 36.0 Å². The van der Waals surface area contributed by atoms with E-state index in [0.29, 0.717) is 31.0 Å². The van der Waals surface area contributed by atoms with E-state index in [4.69, 9.17) is 19.3 Å². The van der Waals surface area contributed by atoms with Crippen molar-refractivity contribution in [3.05, 3.63) is 6.92 Å². The number of aliphatic carboxylic acids is 1. The van der Waals surface area contributed by atoms with E-state index < -0.39 is 22.8 Å². The number of alkyl halides is 1. The van der Waals surface area contributed by atoms with Crippen molar-refractivity contribution in [2.45, 2.75) is 233 Å². The first-order valence-corrected chi connectivity index (χ1v) is 38.3. The van der Waals surface area contributed by atoms with Crippen LogP contribution in [0.15, 0.2) is 0 Å². The summed E-state index contributed by atoms with van der Waals surface area (Å²) in [4.78, 5) is 71.8. The van der Waals surface area contributed by atoms with Gasteiger partial charge in [-0.25, -0.2) is 9.59 Å². The van der Waals surface area contributed by atoms with Crippen LogP contribution in [0.4, 0.5) is 9.59 Å². The Bertz CT molecular complexity index is 1270. The van der Waals surface area contributed by atoms with Crippen molar-refractivity contribution in [2.75, 3.05) is 14.1 Å². The van der Waals surface area contributed by atoms with E-state index in [2.05, 4.69) is 117 Å². The molecule has 3 rings (SSSR count). The van der Waals surface area contributed by atoms with Gasteiger partial charge in [-0.15, -0.1) is 0 Å². The van der Waals surface area contributed by atoms with Crippen LogP contribution in [-0.4, -0.2) is 97.5 Å². The van der Waals surface area contributed by atoms with Crippen LogP contribution in [0.2, 0.25) is 0 Å². The molecule has 0 aromatic carbocycles. The van der Waals surface area contributed by atoms with Crippen LogP contribution in [-0.2, 0) is 38.3 Å². The van der Waals surface area contributed by atoms with Crippen LogP contribution in [0.25, 0.3) is 0 Å². The van der Waals surface area contributed by atoms with Crippen molar-refractivity contribution in [1.82, 2.24) is 9.80 Å². The number of carbonyl (C=O) groups is 6. The van der Waals surface area contributed by atoms with Crippen molar-refractivity contribution in [1.29, 1.82) is 0 Å². The predicted octanol–water partition coefficient (Wildman–Crippen LogP) is 15.4. The van der Waals surface area contributed by atoms with Crippen LogP contribution >= 0.6 is 82.5 Å². The van der Waals surface area contributed by atoms with Crippen molar-refractivity contribution in [2.24, 2.45) is 23.7 Å². The molecule has 0 spiro atoms. The fourth-order valence-corrected chi connectivity index (χ4v) is 6.94. The Morgan fingerprint density at radius 1 is 0.591 bits per heavy atom. The normalized spacial score (nSPS) is 21.3. The average molecular weight is 1430 g/mol. The van der Waals surface area contributed by atoms with Crippen molar-refractivity contribution in [3.8, 4) is 0 Å². The van der Waals surface area contributed by atoms with E-state index >= 15 is 0 Å². The molecule has 0 unspecified atom stereocenters. The molecule has 0 atom stereocenters. The van der Waals surface area contributed by atoms with Crippen LogP contribution in [0.3, 0.4) is 0 Å². The SMILES string of the molecule is CC(=O)C1CCC(CC(=O)OC(C)(C)C)CC1.CC(=O)C1CCC(N(C)C(=O)OC(C)(C)C)CC1.CC(C)I.CCC.CN(C(=O)OC(C)(C)C)C1CCC(C(=O)O)CC1.[CH2-]C.[I][V]([I])[I]. The number of rotatable bonds is 7. The summed E-state index contributed by atoms with van der Waals surface area (Å²) in [5.41, 5.74) is -1.35. The molecular weight excluding hydrogens is 1340 g/mol. The number of nitrogens with zero attached hydrogens (tertiary/aromatic N) is 2. The number of carboxylic acid groups (broad SMARTS) is 1. The third kappa shape index (κ3) is 43.1. The first-order chi connectivity index (χ1) is 30.1. The average Bonchev–Trinajstić information content (AvgIpc) is 3.16. The number of amides is 2. The summed E-state index contributed by atoms with van der Waals surface area (Å²) in [5, 5.41) is 8.92.